The van der Waals surface area contributed by atoms with Gasteiger partial charge in [-0.25, -0.2) is 0 Å². The van der Waals surface area contributed by atoms with Crippen molar-refractivity contribution < 1.29 is 32.2 Å². The number of rotatable bonds is 10. The third-order valence-corrected chi connectivity index (χ3v) is 4.26. The molecule has 0 saturated carbocycles. The molecule has 0 aromatic heterocycles. The summed E-state index contributed by atoms with van der Waals surface area (Å²) in [6, 6.07) is 12.6. The van der Waals surface area contributed by atoms with Gasteiger partial charge in [-0.15, -0.1) is 13.2 Å². The molecule has 30 heavy (non-hydrogen) atoms. The van der Waals surface area contributed by atoms with Crippen LogP contribution in [0.25, 0.3) is 0 Å². The second-order valence-electron chi connectivity index (χ2n) is 6.55. The number of alkyl halides is 3. The van der Waals surface area contributed by atoms with Gasteiger partial charge in [-0.05, 0) is 49.9 Å². The number of hydrogen-bond donors (Lipinski definition) is 1. The Morgan fingerprint density at radius 3 is 2.37 bits per heavy atom. The predicted molar refractivity (Wildman–Crippen MR) is 105 cm³/mol. The lowest BCUT2D eigenvalue weighted by Crippen LogP contribution is -2.24. The first-order valence-electron chi connectivity index (χ1n) is 9.65. The van der Waals surface area contributed by atoms with Gasteiger partial charge in [-0.3, -0.25) is 9.59 Å². The van der Waals surface area contributed by atoms with Crippen LogP contribution in [0.1, 0.15) is 47.7 Å². The van der Waals surface area contributed by atoms with Crippen molar-refractivity contribution >= 4 is 11.9 Å². The van der Waals surface area contributed by atoms with Gasteiger partial charge < -0.3 is 14.8 Å². The molecular weight excluding hydrogens is 399 g/mol. The molecule has 0 aliphatic heterocycles. The van der Waals surface area contributed by atoms with Gasteiger partial charge in [0, 0.05) is 24.1 Å². The van der Waals surface area contributed by atoms with Crippen LogP contribution in [0.5, 0.6) is 5.75 Å². The van der Waals surface area contributed by atoms with Crippen LogP contribution in [-0.2, 0) is 22.5 Å². The predicted octanol–water partition coefficient (Wildman–Crippen LogP) is 4.79. The Hall–Kier alpha value is -3.03. The number of carbonyl (C=O) groups excluding carboxylic acids is 2. The summed E-state index contributed by atoms with van der Waals surface area (Å²) in [7, 11) is 0. The summed E-state index contributed by atoms with van der Waals surface area (Å²) < 4.78 is 46.3. The van der Waals surface area contributed by atoms with E-state index in [4.69, 9.17) is 4.74 Å². The van der Waals surface area contributed by atoms with E-state index in [1.165, 1.54) is 18.2 Å². The van der Waals surface area contributed by atoms with E-state index in [9.17, 15) is 22.8 Å². The fourth-order valence-corrected chi connectivity index (χ4v) is 2.81. The number of halogens is 3. The van der Waals surface area contributed by atoms with Gasteiger partial charge in [0.1, 0.15) is 5.75 Å². The number of hydrogen-bond acceptors (Lipinski definition) is 4. The number of unbranched alkanes of at least 4 members (excludes halogenated alkanes) is 1. The molecule has 2 aromatic carbocycles. The zero-order valence-electron chi connectivity index (χ0n) is 16.6. The average Bonchev–Trinajstić information content (AvgIpc) is 2.70. The van der Waals surface area contributed by atoms with E-state index in [0.29, 0.717) is 18.6 Å². The summed E-state index contributed by atoms with van der Waals surface area (Å²) in [6.45, 7) is 2.05. The van der Waals surface area contributed by atoms with Gasteiger partial charge in [-0.1, -0.05) is 30.3 Å². The van der Waals surface area contributed by atoms with Gasteiger partial charge in [0.05, 0.1) is 6.61 Å². The van der Waals surface area contributed by atoms with Gasteiger partial charge in [0.2, 0.25) is 0 Å². The van der Waals surface area contributed by atoms with E-state index < -0.39 is 12.3 Å². The van der Waals surface area contributed by atoms with Crippen LogP contribution in [0.15, 0.2) is 48.5 Å². The number of carbonyl (C=O) groups is 2. The van der Waals surface area contributed by atoms with Crippen LogP contribution in [0.2, 0.25) is 0 Å². The van der Waals surface area contributed by atoms with Crippen molar-refractivity contribution in [3.8, 4) is 5.75 Å². The van der Waals surface area contributed by atoms with Crippen molar-refractivity contribution in [3.05, 3.63) is 65.2 Å². The number of ether oxygens (including phenoxy) is 2. The first-order chi connectivity index (χ1) is 14.3. The molecule has 5 nitrogen and oxygen atoms in total. The Bertz CT molecular complexity index is 835. The smallest absolute Gasteiger partial charge is 0.466 e. The molecule has 0 aliphatic carbocycles. The first kappa shape index (κ1) is 23.3. The number of amides is 1. The highest BCUT2D eigenvalue weighted by Gasteiger charge is 2.32. The normalized spacial score (nSPS) is 11.1. The van der Waals surface area contributed by atoms with Crippen LogP contribution in [-0.4, -0.2) is 24.8 Å². The lowest BCUT2D eigenvalue weighted by atomic mass is 10.0. The monoisotopic (exact) mass is 423 g/mol. The Labute approximate surface area is 173 Å². The largest absolute Gasteiger partial charge is 0.573 e. The van der Waals surface area contributed by atoms with Gasteiger partial charge in [-0.2, -0.15) is 0 Å². The molecule has 0 bridgehead atoms. The Morgan fingerprint density at radius 1 is 1.00 bits per heavy atom. The van der Waals surface area contributed by atoms with Crippen molar-refractivity contribution in [1.82, 2.24) is 5.32 Å². The van der Waals surface area contributed by atoms with Crippen molar-refractivity contribution in [2.24, 2.45) is 0 Å². The van der Waals surface area contributed by atoms with Crippen LogP contribution in [0.3, 0.4) is 0 Å². The third kappa shape index (κ3) is 8.14. The van der Waals surface area contributed by atoms with Gasteiger partial charge in [0.15, 0.2) is 0 Å². The molecule has 0 spiro atoms. The number of benzene rings is 2. The summed E-state index contributed by atoms with van der Waals surface area (Å²) in [6.07, 6.45) is -2.11. The molecule has 0 fully saturated rings. The van der Waals surface area contributed by atoms with E-state index in [1.54, 1.807) is 25.1 Å². The van der Waals surface area contributed by atoms with Crippen molar-refractivity contribution in [1.29, 1.82) is 0 Å². The molecule has 1 amide bonds. The Balaban J connectivity index is 1.83. The maximum atomic E-state index is 12.5. The molecular formula is C22H24F3NO4. The maximum Gasteiger partial charge on any atom is 0.573 e. The maximum absolute atomic E-state index is 12.5. The highest BCUT2D eigenvalue weighted by molar-refractivity contribution is 5.94. The van der Waals surface area contributed by atoms with Gasteiger partial charge >= 0.3 is 12.3 Å². The molecule has 2 rings (SSSR count). The van der Waals surface area contributed by atoms with Gasteiger partial charge in [0.25, 0.3) is 5.91 Å². The Morgan fingerprint density at radius 2 is 1.70 bits per heavy atom. The fraction of sp³-hybridized carbons (Fsp3) is 0.364. The fourth-order valence-electron chi connectivity index (χ4n) is 2.81. The van der Waals surface area contributed by atoms with Crippen LogP contribution >= 0.6 is 0 Å². The van der Waals surface area contributed by atoms with E-state index in [-0.39, 0.29) is 23.8 Å². The zero-order chi connectivity index (χ0) is 22.0. The highest BCUT2D eigenvalue weighted by atomic mass is 19.4. The molecule has 0 atom stereocenters. The second kappa shape index (κ2) is 11.2. The molecule has 0 heterocycles. The molecule has 0 saturated heterocycles. The molecule has 0 aliphatic rings. The molecule has 0 radical (unpaired) electrons. The lowest BCUT2D eigenvalue weighted by Gasteiger charge is -2.13. The number of aryl methyl sites for hydroxylation is 1. The minimum atomic E-state index is -4.80. The SMILES string of the molecule is CCOC(=O)CCCCc1ccc(C(=O)NCc2ccccc2OC(F)(F)F)cc1. The third-order valence-electron chi connectivity index (χ3n) is 4.26. The van der Waals surface area contributed by atoms with Crippen molar-refractivity contribution in [2.45, 2.75) is 45.5 Å². The minimum absolute atomic E-state index is 0.0965. The molecule has 2 aromatic rings. The molecule has 8 heteroatoms. The molecule has 1 N–H and O–H groups in total. The average molecular weight is 423 g/mol. The summed E-state index contributed by atoms with van der Waals surface area (Å²) >= 11 is 0. The molecule has 0 unspecified atom stereocenters. The van der Waals surface area contributed by atoms with Crippen LogP contribution in [0.4, 0.5) is 13.2 Å². The quantitative estimate of drug-likeness (QED) is 0.441. The molecule has 162 valence electrons. The standard InChI is InChI=1S/C22H24F3NO4/c1-2-29-20(27)10-6-3-7-16-11-13-17(14-12-16)21(28)26-15-18-8-4-5-9-19(18)30-22(23,24)25/h4-5,8-9,11-14H,2-3,6-7,10,15H2,1H3,(H,26,28). The van der Waals surface area contributed by atoms with E-state index in [0.717, 1.165) is 24.8 Å². The summed E-state index contributed by atoms with van der Waals surface area (Å²) in [4.78, 5) is 23.6. The number of esters is 1. The zero-order valence-corrected chi connectivity index (χ0v) is 16.6. The van der Waals surface area contributed by atoms with E-state index in [1.807, 2.05) is 12.1 Å². The summed E-state index contributed by atoms with van der Waals surface area (Å²) in [5.41, 5.74) is 1.65. The Kier molecular flexibility index (Phi) is 8.70. The van der Waals surface area contributed by atoms with Crippen LogP contribution < -0.4 is 10.1 Å². The minimum Gasteiger partial charge on any atom is -0.466 e. The topological polar surface area (TPSA) is 64.6 Å². The van der Waals surface area contributed by atoms with E-state index in [2.05, 4.69) is 10.1 Å². The lowest BCUT2D eigenvalue weighted by molar-refractivity contribution is -0.274. The number of nitrogens with one attached hydrogen (secondary N) is 1. The van der Waals surface area contributed by atoms with E-state index >= 15 is 0 Å². The van der Waals surface area contributed by atoms with Crippen molar-refractivity contribution in [3.63, 3.8) is 0 Å². The summed E-state index contributed by atoms with van der Waals surface area (Å²) in [5.74, 6) is -0.944. The second-order valence-corrected chi connectivity index (χ2v) is 6.55. The first-order valence-corrected chi connectivity index (χ1v) is 9.65. The van der Waals surface area contributed by atoms with Crippen LogP contribution in [0, 0.1) is 0 Å². The van der Waals surface area contributed by atoms with Crippen molar-refractivity contribution in [2.75, 3.05) is 6.61 Å². The summed E-state index contributed by atoms with van der Waals surface area (Å²) in [5, 5.41) is 2.60. The highest BCUT2D eigenvalue weighted by Crippen LogP contribution is 2.26. The number of para-hydroxylation sites is 1.